The van der Waals surface area contributed by atoms with Gasteiger partial charge in [-0.2, -0.15) is 13.2 Å². The molecule has 0 unspecified atom stereocenters. The number of nitrogens with zero attached hydrogens (tertiary/aromatic N) is 4. The van der Waals surface area contributed by atoms with Gasteiger partial charge in [-0.15, -0.1) is 0 Å². The SMILES string of the molecule is CCCN(C)c1nc(C(F)(F)F)nc2nc[nH]c12. The van der Waals surface area contributed by atoms with Gasteiger partial charge in [-0.3, -0.25) is 0 Å². The molecule has 2 rings (SSSR count). The first-order chi connectivity index (χ1) is 8.43. The predicted molar refractivity (Wildman–Crippen MR) is 60.2 cm³/mol. The quantitative estimate of drug-likeness (QED) is 0.918. The molecule has 0 bridgehead atoms. The van der Waals surface area contributed by atoms with E-state index in [1.165, 1.54) is 6.33 Å². The van der Waals surface area contributed by atoms with Gasteiger partial charge in [-0.25, -0.2) is 15.0 Å². The van der Waals surface area contributed by atoms with Crippen molar-refractivity contribution in [3.05, 3.63) is 12.2 Å². The molecule has 0 radical (unpaired) electrons. The fourth-order valence-electron chi connectivity index (χ4n) is 1.66. The highest BCUT2D eigenvalue weighted by Gasteiger charge is 2.36. The molecule has 0 aliphatic heterocycles. The van der Waals surface area contributed by atoms with Crippen molar-refractivity contribution in [1.82, 2.24) is 19.9 Å². The van der Waals surface area contributed by atoms with E-state index in [0.29, 0.717) is 12.1 Å². The minimum atomic E-state index is -4.57. The number of alkyl halides is 3. The highest BCUT2D eigenvalue weighted by molar-refractivity contribution is 5.82. The maximum absolute atomic E-state index is 12.7. The van der Waals surface area contributed by atoms with Crippen LogP contribution >= 0.6 is 0 Å². The van der Waals surface area contributed by atoms with Crippen molar-refractivity contribution >= 4 is 17.0 Å². The van der Waals surface area contributed by atoms with E-state index in [1.54, 1.807) is 11.9 Å². The van der Waals surface area contributed by atoms with Crippen molar-refractivity contribution in [3.63, 3.8) is 0 Å². The normalized spacial score (nSPS) is 12.1. The number of fused-ring (bicyclic) bond motifs is 1. The molecular formula is C10H12F3N5. The number of imidazole rings is 1. The largest absolute Gasteiger partial charge is 0.451 e. The number of nitrogens with one attached hydrogen (secondary N) is 1. The first-order valence-electron chi connectivity index (χ1n) is 5.43. The summed E-state index contributed by atoms with van der Waals surface area (Å²) in [6, 6.07) is 0. The number of H-pyrrole nitrogens is 1. The molecule has 98 valence electrons. The summed E-state index contributed by atoms with van der Waals surface area (Å²) in [5.41, 5.74) is 0.439. The Balaban J connectivity index is 2.58. The maximum Gasteiger partial charge on any atom is 0.451 e. The minimum absolute atomic E-state index is 0.0234. The van der Waals surface area contributed by atoms with Crippen molar-refractivity contribution in [3.8, 4) is 0 Å². The smallest absolute Gasteiger partial charge is 0.358 e. The molecule has 2 aromatic heterocycles. The summed E-state index contributed by atoms with van der Waals surface area (Å²) >= 11 is 0. The lowest BCUT2D eigenvalue weighted by Crippen LogP contribution is -2.22. The number of hydrogen-bond donors (Lipinski definition) is 1. The molecule has 5 nitrogen and oxygen atoms in total. The summed E-state index contributed by atoms with van der Waals surface area (Å²) in [5.74, 6) is -0.952. The lowest BCUT2D eigenvalue weighted by Gasteiger charge is -2.18. The van der Waals surface area contributed by atoms with Gasteiger partial charge in [0.15, 0.2) is 11.5 Å². The maximum atomic E-state index is 12.7. The van der Waals surface area contributed by atoms with Gasteiger partial charge in [0.2, 0.25) is 5.82 Å². The van der Waals surface area contributed by atoms with Gasteiger partial charge in [0.1, 0.15) is 5.52 Å². The predicted octanol–water partition coefficient (Wildman–Crippen LogP) is 2.22. The first kappa shape index (κ1) is 12.6. The lowest BCUT2D eigenvalue weighted by molar-refractivity contribution is -0.144. The first-order valence-corrected chi connectivity index (χ1v) is 5.43. The van der Waals surface area contributed by atoms with Gasteiger partial charge in [0, 0.05) is 13.6 Å². The van der Waals surface area contributed by atoms with Gasteiger partial charge < -0.3 is 9.88 Å². The molecule has 2 heterocycles. The molecule has 0 saturated heterocycles. The highest BCUT2D eigenvalue weighted by atomic mass is 19.4. The van der Waals surface area contributed by atoms with Gasteiger partial charge in [-0.05, 0) is 6.42 Å². The van der Waals surface area contributed by atoms with Crippen LogP contribution in [0.2, 0.25) is 0 Å². The van der Waals surface area contributed by atoms with E-state index in [9.17, 15) is 13.2 Å². The highest BCUT2D eigenvalue weighted by Crippen LogP contribution is 2.30. The van der Waals surface area contributed by atoms with Gasteiger partial charge in [0.05, 0.1) is 6.33 Å². The Kier molecular flexibility index (Phi) is 3.10. The molecule has 0 fully saturated rings. The molecule has 8 heteroatoms. The topological polar surface area (TPSA) is 57.7 Å². The second-order valence-electron chi connectivity index (χ2n) is 3.89. The summed E-state index contributed by atoms with van der Waals surface area (Å²) in [6.07, 6.45) is -2.46. The van der Waals surface area contributed by atoms with E-state index in [0.717, 1.165) is 6.42 Å². The van der Waals surface area contributed by atoms with Crippen molar-refractivity contribution in [2.24, 2.45) is 0 Å². The Hall–Kier alpha value is -1.86. The fraction of sp³-hybridized carbons (Fsp3) is 0.500. The van der Waals surface area contributed by atoms with E-state index in [1.807, 2.05) is 6.92 Å². The van der Waals surface area contributed by atoms with E-state index < -0.39 is 12.0 Å². The van der Waals surface area contributed by atoms with E-state index in [-0.39, 0.29) is 11.5 Å². The number of aromatic nitrogens is 4. The van der Waals surface area contributed by atoms with E-state index in [4.69, 9.17) is 0 Å². The third-order valence-corrected chi connectivity index (χ3v) is 2.44. The summed E-state index contributed by atoms with van der Waals surface area (Å²) in [7, 11) is 1.69. The fourth-order valence-corrected chi connectivity index (χ4v) is 1.66. The third kappa shape index (κ3) is 2.22. The second-order valence-corrected chi connectivity index (χ2v) is 3.89. The standard InChI is InChI=1S/C10H12F3N5/c1-3-4-18(2)8-6-7(15-5-14-6)16-9(17-8)10(11,12)13/h5H,3-4H2,1-2H3,(H,14,15,16,17). The minimum Gasteiger partial charge on any atom is -0.358 e. The van der Waals surface area contributed by atoms with Crippen LogP contribution in [0.5, 0.6) is 0 Å². The van der Waals surface area contributed by atoms with Crippen LogP contribution in [0, 0.1) is 0 Å². The van der Waals surface area contributed by atoms with Crippen LogP contribution in [-0.2, 0) is 6.18 Å². The number of aromatic amines is 1. The Morgan fingerprint density at radius 3 is 2.67 bits per heavy atom. The van der Waals surface area contributed by atoms with Gasteiger partial charge >= 0.3 is 6.18 Å². The average molecular weight is 259 g/mol. The van der Waals surface area contributed by atoms with Crippen LogP contribution in [0.3, 0.4) is 0 Å². The number of rotatable bonds is 3. The summed E-state index contributed by atoms with van der Waals surface area (Å²) < 4.78 is 38.0. The molecule has 2 aromatic rings. The van der Waals surface area contributed by atoms with Gasteiger partial charge in [0.25, 0.3) is 0 Å². The molecule has 0 saturated carbocycles. The van der Waals surface area contributed by atoms with Crippen LogP contribution in [0.4, 0.5) is 19.0 Å². The number of hydrogen-bond acceptors (Lipinski definition) is 4. The number of anilines is 1. The van der Waals surface area contributed by atoms with Gasteiger partial charge in [-0.1, -0.05) is 6.92 Å². The van der Waals surface area contributed by atoms with E-state index >= 15 is 0 Å². The Morgan fingerprint density at radius 1 is 1.33 bits per heavy atom. The third-order valence-electron chi connectivity index (χ3n) is 2.44. The second kappa shape index (κ2) is 4.43. The molecule has 0 aliphatic carbocycles. The summed E-state index contributed by atoms with van der Waals surface area (Å²) in [6.45, 7) is 2.54. The van der Waals surface area contributed by atoms with Crippen molar-refractivity contribution in [2.45, 2.75) is 19.5 Å². The Morgan fingerprint density at radius 2 is 2.06 bits per heavy atom. The monoisotopic (exact) mass is 259 g/mol. The van der Waals surface area contributed by atoms with Crippen molar-refractivity contribution in [1.29, 1.82) is 0 Å². The summed E-state index contributed by atoms with van der Waals surface area (Å²) in [4.78, 5) is 15.2. The molecule has 0 spiro atoms. The molecule has 0 aliphatic rings. The molecule has 1 N–H and O–H groups in total. The zero-order valence-corrected chi connectivity index (χ0v) is 9.91. The average Bonchev–Trinajstić information content (AvgIpc) is 2.74. The molecule has 0 atom stereocenters. The molecule has 18 heavy (non-hydrogen) atoms. The van der Waals surface area contributed by atoms with Crippen LogP contribution in [0.1, 0.15) is 19.2 Å². The molecular weight excluding hydrogens is 247 g/mol. The van der Waals surface area contributed by atoms with Crippen LogP contribution in [0.15, 0.2) is 6.33 Å². The van der Waals surface area contributed by atoms with Crippen molar-refractivity contribution in [2.75, 3.05) is 18.5 Å². The zero-order chi connectivity index (χ0) is 13.3. The van der Waals surface area contributed by atoms with Crippen LogP contribution < -0.4 is 4.90 Å². The number of halogens is 3. The lowest BCUT2D eigenvalue weighted by atomic mass is 10.4. The van der Waals surface area contributed by atoms with Crippen LogP contribution in [0.25, 0.3) is 11.2 Å². The summed E-state index contributed by atoms with van der Waals surface area (Å²) in [5, 5.41) is 0. The van der Waals surface area contributed by atoms with Crippen molar-refractivity contribution < 1.29 is 13.2 Å². The van der Waals surface area contributed by atoms with E-state index in [2.05, 4.69) is 19.9 Å². The Labute approximate surface area is 101 Å². The Bertz CT molecular complexity index is 548. The zero-order valence-electron chi connectivity index (χ0n) is 9.91. The molecule has 0 aromatic carbocycles. The molecule has 0 amide bonds. The van der Waals surface area contributed by atoms with Crippen LogP contribution in [-0.4, -0.2) is 33.5 Å².